The Morgan fingerprint density at radius 1 is 1.04 bits per heavy atom. The number of carbonyl (C=O) groups is 2. The van der Waals surface area contributed by atoms with Crippen LogP contribution in [0.2, 0.25) is 0 Å². The number of hydrogen-bond acceptors (Lipinski definition) is 5. The zero-order chi connectivity index (χ0) is 18.2. The second-order valence-corrected chi connectivity index (χ2v) is 5.31. The molecule has 0 aliphatic rings. The molecule has 0 saturated carbocycles. The Labute approximate surface area is 146 Å². The van der Waals surface area contributed by atoms with Crippen molar-refractivity contribution in [3.05, 3.63) is 47.7 Å². The van der Waals surface area contributed by atoms with Gasteiger partial charge < -0.3 is 20.1 Å². The summed E-state index contributed by atoms with van der Waals surface area (Å²) in [6, 6.07) is 10.7. The van der Waals surface area contributed by atoms with Gasteiger partial charge in [0.05, 0.1) is 14.2 Å². The number of ether oxygens (including phenoxy) is 2. The van der Waals surface area contributed by atoms with Crippen molar-refractivity contribution in [3.8, 4) is 11.5 Å². The summed E-state index contributed by atoms with van der Waals surface area (Å²) in [4.78, 5) is 27.8. The van der Waals surface area contributed by atoms with E-state index in [1.54, 1.807) is 45.4 Å². The summed E-state index contributed by atoms with van der Waals surface area (Å²) < 4.78 is 10.4. The normalized spacial score (nSPS) is 10.0. The molecule has 132 valence electrons. The van der Waals surface area contributed by atoms with E-state index in [0.717, 1.165) is 11.3 Å². The van der Waals surface area contributed by atoms with Crippen LogP contribution in [0.25, 0.3) is 0 Å². The van der Waals surface area contributed by atoms with Crippen LogP contribution >= 0.6 is 0 Å². The predicted molar refractivity (Wildman–Crippen MR) is 93.9 cm³/mol. The molecule has 0 aliphatic heterocycles. The van der Waals surface area contributed by atoms with Gasteiger partial charge in [-0.15, -0.1) is 0 Å². The lowest BCUT2D eigenvalue weighted by molar-refractivity contribution is -0.136. The van der Waals surface area contributed by atoms with E-state index in [0.29, 0.717) is 30.3 Å². The zero-order valence-corrected chi connectivity index (χ0v) is 14.5. The van der Waals surface area contributed by atoms with Crippen LogP contribution in [-0.2, 0) is 16.0 Å². The molecule has 0 saturated heterocycles. The molecule has 0 atom stereocenters. The van der Waals surface area contributed by atoms with E-state index in [9.17, 15) is 9.59 Å². The van der Waals surface area contributed by atoms with Crippen LogP contribution in [-0.4, -0.2) is 37.6 Å². The summed E-state index contributed by atoms with van der Waals surface area (Å²) in [5.74, 6) is 0.157. The van der Waals surface area contributed by atoms with Crippen molar-refractivity contribution in [2.45, 2.75) is 13.3 Å². The Morgan fingerprint density at radius 2 is 1.80 bits per heavy atom. The van der Waals surface area contributed by atoms with E-state index >= 15 is 0 Å². The maximum Gasteiger partial charge on any atom is 0.314 e. The van der Waals surface area contributed by atoms with Gasteiger partial charge in [-0.1, -0.05) is 12.1 Å². The second-order valence-electron chi connectivity index (χ2n) is 5.31. The van der Waals surface area contributed by atoms with E-state index in [1.807, 2.05) is 12.1 Å². The van der Waals surface area contributed by atoms with Crippen molar-refractivity contribution < 1.29 is 19.1 Å². The fourth-order valence-corrected chi connectivity index (χ4v) is 2.22. The van der Waals surface area contributed by atoms with Crippen LogP contribution in [0.15, 0.2) is 36.4 Å². The Hall–Kier alpha value is -3.09. The Morgan fingerprint density at radius 3 is 2.48 bits per heavy atom. The summed E-state index contributed by atoms with van der Waals surface area (Å²) in [6.07, 6.45) is 0.558. The van der Waals surface area contributed by atoms with Crippen LogP contribution in [0.1, 0.15) is 11.3 Å². The maximum absolute atomic E-state index is 11.9. The number of methoxy groups -OCH3 is 2. The number of nitrogens with one attached hydrogen (secondary N) is 2. The lowest BCUT2D eigenvalue weighted by Crippen LogP contribution is -2.36. The van der Waals surface area contributed by atoms with E-state index in [2.05, 4.69) is 15.6 Å². The minimum atomic E-state index is -0.745. The van der Waals surface area contributed by atoms with Crippen molar-refractivity contribution in [1.82, 2.24) is 10.3 Å². The zero-order valence-electron chi connectivity index (χ0n) is 14.5. The second kappa shape index (κ2) is 8.68. The van der Waals surface area contributed by atoms with E-state index in [4.69, 9.17) is 9.47 Å². The monoisotopic (exact) mass is 343 g/mol. The molecule has 2 rings (SSSR count). The highest BCUT2D eigenvalue weighted by atomic mass is 16.5. The number of nitrogens with zero attached hydrogens (tertiary/aromatic N) is 1. The van der Waals surface area contributed by atoms with Crippen molar-refractivity contribution in [2.24, 2.45) is 0 Å². The molecular formula is C18H21N3O4. The van der Waals surface area contributed by atoms with Gasteiger partial charge in [0.2, 0.25) is 0 Å². The molecule has 0 radical (unpaired) electrons. The van der Waals surface area contributed by atoms with E-state index < -0.39 is 11.8 Å². The summed E-state index contributed by atoms with van der Waals surface area (Å²) in [7, 11) is 3.13. The molecule has 0 bridgehead atoms. The average Bonchev–Trinajstić information content (AvgIpc) is 2.61. The third-order valence-electron chi connectivity index (χ3n) is 3.48. The van der Waals surface area contributed by atoms with Crippen molar-refractivity contribution in [3.63, 3.8) is 0 Å². The minimum absolute atomic E-state index is 0.322. The summed E-state index contributed by atoms with van der Waals surface area (Å²) in [5, 5.41) is 5.05. The topological polar surface area (TPSA) is 89.5 Å². The Bertz CT molecular complexity index is 762. The first kappa shape index (κ1) is 18.3. The lowest BCUT2D eigenvalue weighted by atomic mass is 10.1. The van der Waals surface area contributed by atoms with Gasteiger partial charge in [-0.3, -0.25) is 9.59 Å². The van der Waals surface area contributed by atoms with E-state index in [1.165, 1.54) is 0 Å². The van der Waals surface area contributed by atoms with Crippen LogP contribution in [0.3, 0.4) is 0 Å². The summed E-state index contributed by atoms with van der Waals surface area (Å²) in [6.45, 7) is 2.13. The molecule has 0 fully saturated rings. The van der Waals surface area contributed by atoms with Gasteiger partial charge in [0, 0.05) is 12.2 Å². The molecule has 2 aromatic rings. The average molecular weight is 343 g/mol. The molecule has 0 aliphatic carbocycles. The van der Waals surface area contributed by atoms with Crippen molar-refractivity contribution in [2.75, 3.05) is 26.1 Å². The molecule has 0 unspecified atom stereocenters. The van der Waals surface area contributed by atoms with Gasteiger partial charge in [0.1, 0.15) is 5.82 Å². The number of carbonyl (C=O) groups excluding carboxylic acids is 2. The molecule has 2 N–H and O–H groups in total. The van der Waals surface area contributed by atoms with Gasteiger partial charge in [0.15, 0.2) is 11.5 Å². The number of pyridine rings is 1. The van der Waals surface area contributed by atoms with Gasteiger partial charge >= 0.3 is 11.8 Å². The standard InChI is InChI=1S/C18H21N3O4/c1-12-5-4-6-16(20-12)21-18(23)17(22)19-10-9-13-7-8-14(24-2)15(11-13)25-3/h4-8,11H,9-10H2,1-3H3,(H,19,22)(H,20,21,23). The number of aromatic nitrogens is 1. The number of amides is 2. The first-order valence-electron chi connectivity index (χ1n) is 7.77. The number of aryl methyl sites for hydroxylation is 1. The molecule has 2 amide bonds. The third kappa shape index (κ3) is 5.20. The van der Waals surface area contributed by atoms with Gasteiger partial charge in [0.25, 0.3) is 0 Å². The van der Waals surface area contributed by atoms with Crippen LogP contribution in [0.4, 0.5) is 5.82 Å². The van der Waals surface area contributed by atoms with Crippen molar-refractivity contribution >= 4 is 17.6 Å². The largest absolute Gasteiger partial charge is 0.493 e. The number of anilines is 1. The number of hydrogen-bond donors (Lipinski definition) is 2. The minimum Gasteiger partial charge on any atom is -0.493 e. The fourth-order valence-electron chi connectivity index (χ4n) is 2.22. The molecule has 1 aromatic carbocycles. The molecule has 7 heteroatoms. The Kier molecular flexibility index (Phi) is 6.33. The van der Waals surface area contributed by atoms with Crippen LogP contribution < -0.4 is 20.1 Å². The van der Waals surface area contributed by atoms with Gasteiger partial charge in [-0.05, 0) is 43.2 Å². The Balaban J connectivity index is 1.84. The molecular weight excluding hydrogens is 322 g/mol. The number of benzene rings is 1. The lowest BCUT2D eigenvalue weighted by Gasteiger charge is -2.10. The molecule has 7 nitrogen and oxygen atoms in total. The van der Waals surface area contributed by atoms with Crippen LogP contribution in [0.5, 0.6) is 11.5 Å². The smallest absolute Gasteiger partial charge is 0.314 e. The molecule has 1 aromatic heterocycles. The predicted octanol–water partition coefficient (Wildman–Crippen LogP) is 1.70. The van der Waals surface area contributed by atoms with E-state index in [-0.39, 0.29) is 0 Å². The summed E-state index contributed by atoms with van der Waals surface area (Å²) >= 11 is 0. The highest BCUT2D eigenvalue weighted by Crippen LogP contribution is 2.27. The fraction of sp³-hybridized carbons (Fsp3) is 0.278. The summed E-state index contributed by atoms with van der Waals surface area (Å²) in [5.41, 5.74) is 1.71. The van der Waals surface area contributed by atoms with Crippen molar-refractivity contribution in [1.29, 1.82) is 0 Å². The number of rotatable bonds is 6. The first-order chi connectivity index (χ1) is 12.0. The molecule has 1 heterocycles. The SMILES string of the molecule is COc1ccc(CCNC(=O)C(=O)Nc2cccc(C)n2)cc1OC. The first-order valence-corrected chi connectivity index (χ1v) is 7.77. The highest BCUT2D eigenvalue weighted by molar-refractivity contribution is 6.39. The maximum atomic E-state index is 11.9. The van der Waals surface area contributed by atoms with Crippen LogP contribution in [0, 0.1) is 6.92 Å². The van der Waals surface area contributed by atoms with Gasteiger partial charge in [-0.2, -0.15) is 0 Å². The molecule has 0 spiro atoms. The third-order valence-corrected chi connectivity index (χ3v) is 3.48. The quantitative estimate of drug-likeness (QED) is 0.779. The van der Waals surface area contributed by atoms with Gasteiger partial charge in [-0.25, -0.2) is 4.98 Å². The highest BCUT2D eigenvalue weighted by Gasteiger charge is 2.14. The molecule has 25 heavy (non-hydrogen) atoms.